The van der Waals surface area contributed by atoms with E-state index in [4.69, 9.17) is 27.9 Å². The van der Waals surface area contributed by atoms with Gasteiger partial charge < -0.3 is 14.7 Å². The molecule has 0 aliphatic carbocycles. The van der Waals surface area contributed by atoms with E-state index in [0.29, 0.717) is 24.0 Å². The van der Waals surface area contributed by atoms with Crippen molar-refractivity contribution >= 4 is 29.1 Å². The zero-order valence-corrected chi connectivity index (χ0v) is 12.0. The smallest absolute Gasteiger partial charge is 0.257 e. The lowest BCUT2D eigenvalue weighted by Crippen LogP contribution is -2.49. The van der Waals surface area contributed by atoms with E-state index < -0.39 is 0 Å². The predicted molar refractivity (Wildman–Crippen MR) is 74.1 cm³/mol. The molecular formula is C13H15Cl2NO3. The van der Waals surface area contributed by atoms with Gasteiger partial charge in [-0.2, -0.15) is 0 Å². The molecule has 1 aliphatic heterocycles. The minimum absolute atomic E-state index is 0.0732. The standard InChI is InChI=1S/C13H15Cl2NO3/c1-8-6-16(7-10(5-14)19-8)13(18)11-4-9(15)2-3-12(11)17/h2-4,8,10,17H,5-7H2,1H3. The van der Waals surface area contributed by atoms with E-state index in [-0.39, 0.29) is 29.4 Å². The molecule has 1 aromatic carbocycles. The number of hydrogen-bond acceptors (Lipinski definition) is 3. The predicted octanol–water partition coefficient (Wildman–Crippen LogP) is 2.51. The summed E-state index contributed by atoms with van der Waals surface area (Å²) in [5, 5.41) is 10.2. The first-order valence-electron chi connectivity index (χ1n) is 6.00. The molecule has 1 aliphatic rings. The number of benzene rings is 1. The van der Waals surface area contributed by atoms with E-state index in [0.717, 1.165) is 0 Å². The Morgan fingerprint density at radius 1 is 1.53 bits per heavy atom. The van der Waals surface area contributed by atoms with Crippen LogP contribution in [0.5, 0.6) is 5.75 Å². The fraction of sp³-hybridized carbons (Fsp3) is 0.462. The van der Waals surface area contributed by atoms with Crippen LogP contribution in [0.2, 0.25) is 5.02 Å². The lowest BCUT2D eigenvalue weighted by Gasteiger charge is -2.36. The van der Waals surface area contributed by atoms with Gasteiger partial charge in [-0.1, -0.05) is 11.6 Å². The number of phenolic OH excluding ortho intramolecular Hbond substituents is 1. The van der Waals surface area contributed by atoms with Crippen LogP contribution in [0.3, 0.4) is 0 Å². The number of amides is 1. The molecule has 0 aromatic heterocycles. The number of aromatic hydroxyl groups is 1. The van der Waals surface area contributed by atoms with Gasteiger partial charge in [-0.3, -0.25) is 4.79 Å². The van der Waals surface area contributed by atoms with Gasteiger partial charge in [0, 0.05) is 18.1 Å². The van der Waals surface area contributed by atoms with Crippen molar-refractivity contribution < 1.29 is 14.6 Å². The Balaban J connectivity index is 2.21. The van der Waals surface area contributed by atoms with Crippen LogP contribution >= 0.6 is 23.2 Å². The summed E-state index contributed by atoms with van der Waals surface area (Å²) < 4.78 is 5.59. The largest absolute Gasteiger partial charge is 0.507 e. The first kappa shape index (κ1) is 14.4. The van der Waals surface area contributed by atoms with Crippen LogP contribution < -0.4 is 0 Å². The number of carbonyl (C=O) groups is 1. The summed E-state index contributed by atoms with van der Waals surface area (Å²) in [5.74, 6) is -0.00317. The van der Waals surface area contributed by atoms with E-state index in [9.17, 15) is 9.90 Å². The fourth-order valence-electron chi connectivity index (χ4n) is 2.15. The van der Waals surface area contributed by atoms with Crippen molar-refractivity contribution in [3.05, 3.63) is 28.8 Å². The van der Waals surface area contributed by atoms with Gasteiger partial charge in [-0.15, -0.1) is 11.6 Å². The second-order valence-electron chi connectivity index (χ2n) is 4.59. The van der Waals surface area contributed by atoms with E-state index in [2.05, 4.69) is 0 Å². The Hall–Kier alpha value is -0.970. The summed E-state index contributed by atoms with van der Waals surface area (Å²) in [6, 6.07) is 4.42. The maximum atomic E-state index is 12.4. The molecule has 104 valence electrons. The quantitative estimate of drug-likeness (QED) is 0.854. The minimum atomic E-state index is -0.259. The van der Waals surface area contributed by atoms with Gasteiger partial charge in [0.05, 0.1) is 23.7 Å². The first-order chi connectivity index (χ1) is 9.01. The van der Waals surface area contributed by atoms with Crippen LogP contribution in [0, 0.1) is 0 Å². The summed E-state index contributed by atoms with van der Waals surface area (Å²) in [6.07, 6.45) is -0.265. The zero-order valence-electron chi connectivity index (χ0n) is 10.5. The molecule has 1 aromatic rings. The summed E-state index contributed by atoms with van der Waals surface area (Å²) in [5.41, 5.74) is 0.204. The van der Waals surface area contributed by atoms with Crippen LogP contribution in [0.15, 0.2) is 18.2 Å². The lowest BCUT2D eigenvalue weighted by atomic mass is 10.1. The van der Waals surface area contributed by atoms with Gasteiger partial charge in [0.25, 0.3) is 5.91 Å². The van der Waals surface area contributed by atoms with Gasteiger partial charge in [-0.25, -0.2) is 0 Å². The number of phenols is 1. The number of carbonyl (C=O) groups excluding carboxylic acids is 1. The average molecular weight is 304 g/mol. The molecule has 1 N–H and O–H groups in total. The highest BCUT2D eigenvalue weighted by Crippen LogP contribution is 2.24. The zero-order chi connectivity index (χ0) is 14.0. The molecule has 19 heavy (non-hydrogen) atoms. The Morgan fingerprint density at radius 2 is 2.26 bits per heavy atom. The molecule has 0 radical (unpaired) electrons. The molecule has 1 saturated heterocycles. The molecule has 1 heterocycles. The van der Waals surface area contributed by atoms with Gasteiger partial charge in [0.1, 0.15) is 5.75 Å². The maximum absolute atomic E-state index is 12.4. The highest BCUT2D eigenvalue weighted by molar-refractivity contribution is 6.31. The van der Waals surface area contributed by atoms with Gasteiger partial charge in [-0.05, 0) is 25.1 Å². The molecular weight excluding hydrogens is 289 g/mol. The van der Waals surface area contributed by atoms with Crippen molar-refractivity contribution in [3.63, 3.8) is 0 Å². The van der Waals surface area contributed by atoms with Crippen LogP contribution in [0.25, 0.3) is 0 Å². The van der Waals surface area contributed by atoms with E-state index >= 15 is 0 Å². The number of halogens is 2. The van der Waals surface area contributed by atoms with Crippen molar-refractivity contribution in [1.29, 1.82) is 0 Å². The third-order valence-electron chi connectivity index (χ3n) is 2.97. The third kappa shape index (κ3) is 3.32. The Kier molecular flexibility index (Phi) is 4.55. The number of rotatable bonds is 2. The molecule has 2 atom stereocenters. The topological polar surface area (TPSA) is 49.8 Å². The second kappa shape index (κ2) is 5.99. The van der Waals surface area contributed by atoms with Gasteiger partial charge >= 0.3 is 0 Å². The van der Waals surface area contributed by atoms with Crippen molar-refractivity contribution in [3.8, 4) is 5.75 Å². The molecule has 0 bridgehead atoms. The van der Waals surface area contributed by atoms with Crippen molar-refractivity contribution in [1.82, 2.24) is 4.90 Å². The SMILES string of the molecule is CC1CN(C(=O)c2cc(Cl)ccc2O)CC(CCl)O1. The van der Waals surface area contributed by atoms with E-state index in [1.165, 1.54) is 18.2 Å². The summed E-state index contributed by atoms with van der Waals surface area (Å²) >= 11 is 11.6. The molecule has 1 amide bonds. The normalized spacial score (nSPS) is 23.4. The monoisotopic (exact) mass is 303 g/mol. The van der Waals surface area contributed by atoms with E-state index in [1.54, 1.807) is 4.90 Å². The summed E-state index contributed by atoms with van der Waals surface area (Å²) in [6.45, 7) is 2.77. The Labute approximate surface area is 121 Å². The van der Waals surface area contributed by atoms with E-state index in [1.807, 2.05) is 6.92 Å². The lowest BCUT2D eigenvalue weighted by molar-refractivity contribution is -0.0571. The molecule has 2 rings (SSSR count). The molecule has 6 heteroatoms. The minimum Gasteiger partial charge on any atom is -0.507 e. The molecule has 0 spiro atoms. The van der Waals surface area contributed by atoms with Crippen molar-refractivity contribution in [2.75, 3.05) is 19.0 Å². The third-order valence-corrected chi connectivity index (χ3v) is 3.55. The van der Waals surface area contributed by atoms with Gasteiger partial charge in [0.2, 0.25) is 0 Å². The average Bonchev–Trinajstić information content (AvgIpc) is 2.40. The maximum Gasteiger partial charge on any atom is 0.257 e. The number of ether oxygens (including phenoxy) is 1. The van der Waals surface area contributed by atoms with Crippen LogP contribution in [-0.4, -0.2) is 47.1 Å². The van der Waals surface area contributed by atoms with Crippen LogP contribution in [0.4, 0.5) is 0 Å². The Morgan fingerprint density at radius 3 is 2.95 bits per heavy atom. The van der Waals surface area contributed by atoms with Crippen molar-refractivity contribution in [2.45, 2.75) is 19.1 Å². The van der Waals surface area contributed by atoms with Crippen LogP contribution in [0.1, 0.15) is 17.3 Å². The molecule has 2 unspecified atom stereocenters. The molecule has 1 fully saturated rings. The fourth-order valence-corrected chi connectivity index (χ4v) is 2.49. The molecule has 4 nitrogen and oxygen atoms in total. The Bertz CT molecular complexity index is 481. The summed E-state index contributed by atoms with van der Waals surface area (Å²) in [4.78, 5) is 14.0. The molecule has 0 saturated carbocycles. The van der Waals surface area contributed by atoms with Crippen LogP contribution in [-0.2, 0) is 4.74 Å². The number of morpholine rings is 1. The van der Waals surface area contributed by atoms with Gasteiger partial charge in [0.15, 0.2) is 0 Å². The number of alkyl halides is 1. The first-order valence-corrected chi connectivity index (χ1v) is 6.91. The highest BCUT2D eigenvalue weighted by Gasteiger charge is 2.29. The van der Waals surface area contributed by atoms with Crippen molar-refractivity contribution in [2.24, 2.45) is 0 Å². The highest BCUT2D eigenvalue weighted by atomic mass is 35.5. The number of nitrogens with zero attached hydrogens (tertiary/aromatic N) is 1. The number of hydrogen-bond donors (Lipinski definition) is 1. The summed E-state index contributed by atoms with van der Waals surface area (Å²) in [7, 11) is 0. The second-order valence-corrected chi connectivity index (χ2v) is 5.34.